The van der Waals surface area contributed by atoms with Crippen molar-refractivity contribution in [1.82, 2.24) is 4.98 Å². The van der Waals surface area contributed by atoms with Gasteiger partial charge in [0.2, 0.25) is 0 Å². The molecule has 0 aliphatic carbocycles. The Balaban J connectivity index is 2.39. The first kappa shape index (κ1) is 10.7. The minimum absolute atomic E-state index is 0.297. The van der Waals surface area contributed by atoms with Crippen molar-refractivity contribution in [2.24, 2.45) is 5.41 Å². The highest BCUT2D eigenvalue weighted by molar-refractivity contribution is 7.09. The van der Waals surface area contributed by atoms with Gasteiger partial charge in [0.25, 0.3) is 0 Å². The van der Waals surface area contributed by atoms with Crippen LogP contribution in [-0.4, -0.2) is 10.1 Å². The van der Waals surface area contributed by atoms with Crippen LogP contribution < -0.4 is 0 Å². The van der Waals surface area contributed by atoms with Crippen LogP contribution in [0.5, 0.6) is 0 Å². The molecule has 1 unspecified atom stereocenters. The van der Waals surface area contributed by atoms with Crippen molar-refractivity contribution in [2.75, 3.05) is 0 Å². The van der Waals surface area contributed by atoms with Gasteiger partial charge in [-0.2, -0.15) is 0 Å². The van der Waals surface area contributed by atoms with Gasteiger partial charge in [-0.3, -0.25) is 4.98 Å². The summed E-state index contributed by atoms with van der Waals surface area (Å²) in [6.07, 6.45) is 3.28. The molecule has 1 N–H and O–H groups in total. The van der Waals surface area contributed by atoms with Gasteiger partial charge in [-0.1, -0.05) is 20.8 Å². The molecule has 0 saturated heterocycles. The van der Waals surface area contributed by atoms with Crippen LogP contribution in [0, 0.1) is 5.41 Å². The quantitative estimate of drug-likeness (QED) is 0.811. The van der Waals surface area contributed by atoms with E-state index in [1.807, 2.05) is 0 Å². The van der Waals surface area contributed by atoms with Crippen molar-refractivity contribution in [3.05, 3.63) is 16.6 Å². The summed E-state index contributed by atoms with van der Waals surface area (Å²) in [7, 11) is 0. The summed E-state index contributed by atoms with van der Waals surface area (Å²) in [6, 6.07) is 0. The molecule has 0 spiro atoms. The van der Waals surface area contributed by atoms with Crippen molar-refractivity contribution >= 4 is 11.3 Å². The molecule has 0 aliphatic rings. The average Bonchev–Trinajstić information content (AvgIpc) is 2.50. The predicted octanol–water partition coefficient (Wildman–Crippen LogP) is 3.00. The molecule has 1 atom stereocenters. The zero-order valence-electron chi connectivity index (χ0n) is 8.45. The van der Waals surface area contributed by atoms with Crippen molar-refractivity contribution in [1.29, 1.82) is 0 Å². The maximum Gasteiger partial charge on any atom is 0.0898 e. The van der Waals surface area contributed by atoms with Gasteiger partial charge in [0.15, 0.2) is 0 Å². The Bertz CT molecular complexity index is 238. The highest BCUT2D eigenvalue weighted by Crippen LogP contribution is 2.28. The van der Waals surface area contributed by atoms with E-state index in [0.29, 0.717) is 5.41 Å². The SMILES string of the molecule is CC(C)(C)CCC(O)c1cncs1. The lowest BCUT2D eigenvalue weighted by atomic mass is 9.89. The van der Waals surface area contributed by atoms with Gasteiger partial charge in [0.1, 0.15) is 0 Å². The van der Waals surface area contributed by atoms with E-state index in [0.717, 1.165) is 17.7 Å². The molecule has 0 saturated carbocycles. The monoisotopic (exact) mass is 199 g/mol. The van der Waals surface area contributed by atoms with Crippen LogP contribution in [-0.2, 0) is 0 Å². The zero-order valence-corrected chi connectivity index (χ0v) is 9.27. The van der Waals surface area contributed by atoms with Gasteiger partial charge in [-0.25, -0.2) is 0 Å². The Morgan fingerprint density at radius 1 is 1.54 bits per heavy atom. The highest BCUT2D eigenvalue weighted by Gasteiger charge is 2.15. The third kappa shape index (κ3) is 3.87. The Morgan fingerprint density at radius 2 is 2.23 bits per heavy atom. The molecule has 1 aromatic heterocycles. The van der Waals surface area contributed by atoms with E-state index in [1.165, 1.54) is 11.3 Å². The molecule has 0 fully saturated rings. The van der Waals surface area contributed by atoms with Crippen LogP contribution in [0.1, 0.15) is 44.6 Å². The summed E-state index contributed by atoms with van der Waals surface area (Å²) in [5, 5.41) is 9.74. The first-order chi connectivity index (χ1) is 5.99. The maximum atomic E-state index is 9.74. The highest BCUT2D eigenvalue weighted by atomic mass is 32.1. The second-order valence-corrected chi connectivity index (χ2v) is 5.44. The topological polar surface area (TPSA) is 33.1 Å². The second kappa shape index (κ2) is 4.20. The molecule has 0 bridgehead atoms. The number of rotatable bonds is 3. The molecule has 3 heteroatoms. The molecule has 1 heterocycles. The van der Waals surface area contributed by atoms with Crippen molar-refractivity contribution < 1.29 is 5.11 Å². The summed E-state index contributed by atoms with van der Waals surface area (Å²) < 4.78 is 0. The van der Waals surface area contributed by atoms with E-state index in [-0.39, 0.29) is 6.10 Å². The van der Waals surface area contributed by atoms with Crippen LogP contribution in [0.15, 0.2) is 11.7 Å². The minimum atomic E-state index is -0.327. The molecule has 1 aromatic rings. The fourth-order valence-electron chi connectivity index (χ4n) is 1.10. The number of thiazole rings is 1. The Labute approximate surface area is 83.6 Å². The number of aromatic nitrogens is 1. The first-order valence-corrected chi connectivity index (χ1v) is 5.43. The summed E-state index contributed by atoms with van der Waals surface area (Å²) in [5.41, 5.74) is 2.06. The largest absolute Gasteiger partial charge is 0.388 e. The van der Waals surface area contributed by atoms with Gasteiger partial charge in [-0.15, -0.1) is 11.3 Å². The lowest BCUT2D eigenvalue weighted by molar-refractivity contribution is 0.151. The van der Waals surface area contributed by atoms with E-state index >= 15 is 0 Å². The summed E-state index contributed by atoms with van der Waals surface area (Å²) in [6.45, 7) is 6.56. The molecule has 0 radical (unpaired) electrons. The first-order valence-electron chi connectivity index (χ1n) is 4.55. The standard InChI is InChI=1S/C10H17NOS/c1-10(2,3)5-4-8(12)9-6-11-7-13-9/h6-8,12H,4-5H2,1-3H3. The van der Waals surface area contributed by atoms with Crippen LogP contribution in [0.3, 0.4) is 0 Å². The van der Waals surface area contributed by atoms with Crippen molar-refractivity contribution in [2.45, 2.75) is 39.7 Å². The number of aliphatic hydroxyl groups excluding tert-OH is 1. The van der Waals surface area contributed by atoms with Crippen molar-refractivity contribution in [3.8, 4) is 0 Å². The molecular formula is C10H17NOS. The third-order valence-corrected chi connectivity index (χ3v) is 2.82. The van der Waals surface area contributed by atoms with Crippen LogP contribution in [0.25, 0.3) is 0 Å². The minimum Gasteiger partial charge on any atom is -0.388 e. The number of hydrogen-bond donors (Lipinski definition) is 1. The predicted molar refractivity (Wildman–Crippen MR) is 55.8 cm³/mol. The lowest BCUT2D eigenvalue weighted by Crippen LogP contribution is -2.07. The van der Waals surface area contributed by atoms with E-state index in [2.05, 4.69) is 25.8 Å². The Morgan fingerprint density at radius 3 is 2.69 bits per heavy atom. The fraction of sp³-hybridized carbons (Fsp3) is 0.700. The van der Waals surface area contributed by atoms with Gasteiger partial charge >= 0.3 is 0 Å². The van der Waals surface area contributed by atoms with Crippen LogP contribution >= 0.6 is 11.3 Å². The van der Waals surface area contributed by atoms with Crippen LogP contribution in [0.4, 0.5) is 0 Å². The molecular weight excluding hydrogens is 182 g/mol. The van der Waals surface area contributed by atoms with E-state index < -0.39 is 0 Å². The molecule has 0 aromatic carbocycles. The van der Waals surface area contributed by atoms with E-state index in [4.69, 9.17) is 0 Å². The van der Waals surface area contributed by atoms with E-state index in [1.54, 1.807) is 11.7 Å². The van der Waals surface area contributed by atoms with Crippen LogP contribution in [0.2, 0.25) is 0 Å². The number of nitrogens with zero attached hydrogens (tertiary/aromatic N) is 1. The number of hydrogen-bond acceptors (Lipinski definition) is 3. The van der Waals surface area contributed by atoms with Crippen molar-refractivity contribution in [3.63, 3.8) is 0 Å². The molecule has 2 nitrogen and oxygen atoms in total. The second-order valence-electron chi connectivity index (χ2n) is 4.52. The molecule has 13 heavy (non-hydrogen) atoms. The average molecular weight is 199 g/mol. The smallest absolute Gasteiger partial charge is 0.0898 e. The molecule has 74 valence electrons. The van der Waals surface area contributed by atoms with Gasteiger partial charge in [-0.05, 0) is 18.3 Å². The van der Waals surface area contributed by atoms with Gasteiger partial charge in [0.05, 0.1) is 16.5 Å². The Hall–Kier alpha value is -0.410. The third-order valence-electron chi connectivity index (χ3n) is 1.95. The summed E-state index contributed by atoms with van der Waals surface area (Å²) >= 11 is 1.52. The molecule has 0 amide bonds. The normalized spacial score (nSPS) is 14.5. The molecule has 0 aliphatic heterocycles. The fourth-order valence-corrected chi connectivity index (χ4v) is 1.74. The number of aliphatic hydroxyl groups is 1. The summed E-state index contributed by atoms with van der Waals surface area (Å²) in [4.78, 5) is 4.92. The maximum absolute atomic E-state index is 9.74. The van der Waals surface area contributed by atoms with E-state index in [9.17, 15) is 5.11 Å². The van der Waals surface area contributed by atoms with Gasteiger partial charge in [0, 0.05) is 6.20 Å². The Kier molecular flexibility index (Phi) is 3.45. The summed E-state index contributed by atoms with van der Waals surface area (Å²) in [5.74, 6) is 0. The zero-order chi connectivity index (χ0) is 9.90. The molecule has 1 rings (SSSR count). The van der Waals surface area contributed by atoms with Gasteiger partial charge < -0.3 is 5.11 Å². The lowest BCUT2D eigenvalue weighted by Gasteiger charge is -2.19.